The fourth-order valence-corrected chi connectivity index (χ4v) is 5.03. The van der Waals surface area contributed by atoms with Crippen molar-refractivity contribution in [3.8, 4) is 0 Å². The molecule has 6 nitrogen and oxygen atoms in total. The fraction of sp³-hybridized carbons (Fsp3) is 0.800. The Morgan fingerprint density at radius 3 is 2.56 bits per heavy atom. The number of nitrogens with one attached hydrogen (secondary N) is 2. The third-order valence-electron chi connectivity index (χ3n) is 6.11. The molecule has 0 bridgehead atoms. The standard InChI is InChI=1S/C20H36N6S/c1-4-17-14-22-18(27-17)15-23-19(21-2)24-16-20(8-12-25(3)13-9-20)26-10-6-5-7-11-26/h14H,4-13,15-16H2,1-3H3,(H2,21,23,24). The van der Waals surface area contributed by atoms with E-state index in [1.807, 2.05) is 13.2 Å². The van der Waals surface area contributed by atoms with E-state index in [4.69, 9.17) is 0 Å². The smallest absolute Gasteiger partial charge is 0.191 e. The quantitative estimate of drug-likeness (QED) is 0.575. The van der Waals surface area contributed by atoms with Gasteiger partial charge in [0.05, 0.1) is 6.54 Å². The Kier molecular flexibility index (Phi) is 7.49. The van der Waals surface area contributed by atoms with Crippen LogP contribution in [-0.2, 0) is 13.0 Å². The van der Waals surface area contributed by atoms with Crippen LogP contribution in [0.25, 0.3) is 0 Å². The monoisotopic (exact) mass is 392 g/mol. The van der Waals surface area contributed by atoms with Crippen LogP contribution in [0.3, 0.4) is 0 Å². The molecule has 0 aromatic carbocycles. The van der Waals surface area contributed by atoms with Gasteiger partial charge in [0.15, 0.2) is 5.96 Å². The zero-order valence-corrected chi connectivity index (χ0v) is 18.1. The molecule has 2 aliphatic rings. The topological polar surface area (TPSA) is 55.8 Å². The minimum absolute atomic E-state index is 0.265. The Bertz CT molecular complexity index is 599. The molecular formula is C20H36N6S. The van der Waals surface area contributed by atoms with Gasteiger partial charge in [0.2, 0.25) is 0 Å². The molecular weight excluding hydrogens is 356 g/mol. The molecule has 0 saturated carbocycles. The van der Waals surface area contributed by atoms with Crippen molar-refractivity contribution >= 4 is 17.3 Å². The predicted octanol–water partition coefficient (Wildman–Crippen LogP) is 2.32. The lowest BCUT2D eigenvalue weighted by Crippen LogP contribution is -2.62. The Morgan fingerprint density at radius 2 is 1.93 bits per heavy atom. The van der Waals surface area contributed by atoms with Gasteiger partial charge in [-0.25, -0.2) is 4.98 Å². The van der Waals surface area contributed by atoms with Crippen LogP contribution >= 0.6 is 11.3 Å². The van der Waals surface area contributed by atoms with E-state index in [0.717, 1.165) is 30.5 Å². The summed E-state index contributed by atoms with van der Waals surface area (Å²) in [4.78, 5) is 15.5. The number of piperidine rings is 2. The number of rotatable bonds is 6. The van der Waals surface area contributed by atoms with Gasteiger partial charge < -0.3 is 15.5 Å². The highest BCUT2D eigenvalue weighted by atomic mass is 32.1. The summed E-state index contributed by atoms with van der Waals surface area (Å²) in [5.74, 6) is 0.888. The Hall–Kier alpha value is -1.18. The van der Waals surface area contributed by atoms with Crippen molar-refractivity contribution in [2.24, 2.45) is 4.99 Å². The van der Waals surface area contributed by atoms with Crippen molar-refractivity contribution in [3.05, 3.63) is 16.1 Å². The molecule has 1 aromatic heterocycles. The van der Waals surface area contributed by atoms with E-state index in [0.29, 0.717) is 0 Å². The van der Waals surface area contributed by atoms with Gasteiger partial charge in [-0.1, -0.05) is 13.3 Å². The summed E-state index contributed by atoms with van der Waals surface area (Å²) in [5.41, 5.74) is 0.265. The van der Waals surface area contributed by atoms with Crippen molar-refractivity contribution in [3.63, 3.8) is 0 Å². The van der Waals surface area contributed by atoms with Crippen molar-refractivity contribution in [2.45, 2.75) is 57.5 Å². The van der Waals surface area contributed by atoms with Gasteiger partial charge in [-0.15, -0.1) is 11.3 Å². The summed E-state index contributed by atoms with van der Waals surface area (Å²) >= 11 is 1.78. The second kappa shape index (κ2) is 9.85. The number of thiazole rings is 1. The summed E-state index contributed by atoms with van der Waals surface area (Å²) < 4.78 is 0. The highest BCUT2D eigenvalue weighted by Gasteiger charge is 2.39. The summed E-state index contributed by atoms with van der Waals surface area (Å²) in [6.07, 6.45) is 9.58. The van der Waals surface area contributed by atoms with Crippen molar-refractivity contribution in [2.75, 3.05) is 46.8 Å². The van der Waals surface area contributed by atoms with Gasteiger partial charge in [-0.2, -0.15) is 0 Å². The summed E-state index contributed by atoms with van der Waals surface area (Å²) in [6.45, 7) is 8.74. The number of aromatic nitrogens is 1. The molecule has 2 N–H and O–H groups in total. The van der Waals surface area contributed by atoms with Crippen LogP contribution in [0, 0.1) is 0 Å². The second-order valence-corrected chi connectivity index (χ2v) is 9.13. The highest BCUT2D eigenvalue weighted by Crippen LogP contribution is 2.30. The van der Waals surface area contributed by atoms with Crippen LogP contribution in [-0.4, -0.2) is 73.1 Å². The number of aliphatic imine (C=N–C) groups is 1. The number of hydrogen-bond donors (Lipinski definition) is 2. The highest BCUT2D eigenvalue weighted by molar-refractivity contribution is 7.11. The normalized spacial score (nSPS) is 22.0. The van der Waals surface area contributed by atoms with Gasteiger partial charge in [-0.05, 0) is 65.3 Å². The molecule has 0 amide bonds. The average molecular weight is 393 g/mol. The maximum atomic E-state index is 4.50. The lowest BCUT2D eigenvalue weighted by atomic mass is 9.84. The molecule has 0 aliphatic carbocycles. The first kappa shape index (κ1) is 20.6. The van der Waals surface area contributed by atoms with E-state index >= 15 is 0 Å². The molecule has 152 valence electrons. The Morgan fingerprint density at radius 1 is 1.19 bits per heavy atom. The summed E-state index contributed by atoms with van der Waals surface area (Å²) in [5, 5.41) is 8.21. The summed E-state index contributed by atoms with van der Waals surface area (Å²) in [6, 6.07) is 0. The van der Waals surface area contributed by atoms with Gasteiger partial charge in [0.1, 0.15) is 5.01 Å². The molecule has 2 fully saturated rings. The van der Waals surface area contributed by atoms with Gasteiger partial charge in [0, 0.05) is 30.2 Å². The first-order valence-corrected chi connectivity index (χ1v) is 11.3. The average Bonchev–Trinajstić information content (AvgIpc) is 3.18. The van der Waals surface area contributed by atoms with E-state index in [-0.39, 0.29) is 5.54 Å². The van der Waals surface area contributed by atoms with Crippen LogP contribution in [0.15, 0.2) is 11.2 Å². The van der Waals surface area contributed by atoms with Gasteiger partial charge in [-0.3, -0.25) is 9.89 Å². The van der Waals surface area contributed by atoms with Crippen molar-refractivity contribution in [1.82, 2.24) is 25.4 Å². The number of likely N-dealkylation sites (tertiary alicyclic amines) is 2. The number of aryl methyl sites for hydroxylation is 1. The molecule has 3 heterocycles. The second-order valence-electron chi connectivity index (χ2n) is 7.93. The molecule has 27 heavy (non-hydrogen) atoms. The Labute approximate surface area is 168 Å². The lowest BCUT2D eigenvalue weighted by Gasteiger charge is -2.50. The molecule has 7 heteroatoms. The molecule has 0 unspecified atom stereocenters. The van der Waals surface area contributed by atoms with E-state index < -0.39 is 0 Å². The first-order chi connectivity index (χ1) is 13.1. The van der Waals surface area contributed by atoms with Crippen LogP contribution in [0.2, 0.25) is 0 Å². The van der Waals surface area contributed by atoms with Crippen LogP contribution in [0.4, 0.5) is 0 Å². The maximum absolute atomic E-state index is 4.50. The summed E-state index contributed by atoms with van der Waals surface area (Å²) in [7, 11) is 4.10. The van der Waals surface area contributed by atoms with Gasteiger partial charge in [0.25, 0.3) is 0 Å². The van der Waals surface area contributed by atoms with E-state index in [2.05, 4.69) is 44.4 Å². The molecule has 0 radical (unpaired) electrons. The first-order valence-electron chi connectivity index (χ1n) is 10.5. The van der Waals surface area contributed by atoms with Crippen LogP contribution < -0.4 is 10.6 Å². The van der Waals surface area contributed by atoms with Gasteiger partial charge >= 0.3 is 0 Å². The van der Waals surface area contributed by atoms with Crippen molar-refractivity contribution in [1.29, 1.82) is 0 Å². The lowest BCUT2D eigenvalue weighted by molar-refractivity contribution is 0.0173. The molecule has 0 spiro atoms. The van der Waals surface area contributed by atoms with Crippen LogP contribution in [0.1, 0.15) is 48.9 Å². The number of hydrogen-bond acceptors (Lipinski definition) is 5. The Balaban J connectivity index is 1.57. The number of guanidine groups is 1. The zero-order chi connectivity index (χ0) is 19.1. The largest absolute Gasteiger partial charge is 0.355 e. The van der Waals surface area contributed by atoms with E-state index in [1.165, 1.54) is 63.2 Å². The SMILES string of the molecule is CCc1cnc(CNC(=NC)NCC2(N3CCCCC3)CCN(C)CC2)s1. The third kappa shape index (κ3) is 5.42. The maximum Gasteiger partial charge on any atom is 0.191 e. The molecule has 0 atom stereocenters. The fourth-order valence-electron chi connectivity index (χ4n) is 4.23. The predicted molar refractivity (Wildman–Crippen MR) is 115 cm³/mol. The van der Waals surface area contributed by atoms with Crippen LogP contribution in [0.5, 0.6) is 0 Å². The minimum Gasteiger partial charge on any atom is -0.355 e. The molecule has 2 aliphatic heterocycles. The third-order valence-corrected chi connectivity index (χ3v) is 7.25. The van der Waals surface area contributed by atoms with E-state index in [9.17, 15) is 0 Å². The number of nitrogens with zero attached hydrogens (tertiary/aromatic N) is 4. The molecule has 3 rings (SSSR count). The minimum atomic E-state index is 0.265. The molecule has 2 saturated heterocycles. The molecule has 1 aromatic rings. The zero-order valence-electron chi connectivity index (χ0n) is 17.3. The van der Waals surface area contributed by atoms with Crippen molar-refractivity contribution < 1.29 is 0 Å². The van der Waals surface area contributed by atoms with E-state index in [1.54, 1.807) is 11.3 Å².